The maximum absolute atomic E-state index is 12.4. The Morgan fingerprint density at radius 2 is 2.00 bits per heavy atom. The van der Waals surface area contributed by atoms with E-state index < -0.39 is 38.1 Å². The minimum absolute atomic E-state index is 0.0349. The van der Waals surface area contributed by atoms with Crippen LogP contribution in [0.2, 0.25) is 0 Å². The third-order valence-corrected chi connectivity index (χ3v) is 7.28. The van der Waals surface area contributed by atoms with Gasteiger partial charge in [0.15, 0.2) is 15.6 Å². The largest absolute Gasteiger partial charge is 0.458 e. The molecular formula is C18H17ClO5S. The highest BCUT2D eigenvalue weighted by Gasteiger charge is 2.60. The highest BCUT2D eigenvalue weighted by molar-refractivity contribution is 7.92. The Morgan fingerprint density at radius 3 is 2.68 bits per heavy atom. The van der Waals surface area contributed by atoms with E-state index in [1.165, 1.54) is 0 Å². The molecule has 3 atom stereocenters. The average Bonchev–Trinajstić information content (AvgIpc) is 2.57. The van der Waals surface area contributed by atoms with Crippen molar-refractivity contribution in [3.8, 4) is 0 Å². The number of ketones is 1. The van der Waals surface area contributed by atoms with Crippen molar-refractivity contribution in [2.75, 3.05) is 12.4 Å². The highest BCUT2D eigenvalue weighted by Crippen LogP contribution is 2.44. The van der Waals surface area contributed by atoms with Gasteiger partial charge in [-0.25, -0.2) is 13.2 Å². The number of fused-ring (bicyclic) bond motifs is 1. The lowest BCUT2D eigenvalue weighted by Gasteiger charge is -2.42. The predicted molar refractivity (Wildman–Crippen MR) is 94.8 cm³/mol. The van der Waals surface area contributed by atoms with Gasteiger partial charge in [-0.2, -0.15) is 0 Å². The number of carbonyl (C=O) groups excluding carboxylic acids is 2. The first kappa shape index (κ1) is 17.9. The first-order chi connectivity index (χ1) is 11.8. The van der Waals surface area contributed by atoms with Crippen molar-refractivity contribution >= 4 is 39.3 Å². The quantitative estimate of drug-likeness (QED) is 0.591. The smallest absolute Gasteiger partial charge is 0.335 e. The molecular weight excluding hydrogens is 364 g/mol. The van der Waals surface area contributed by atoms with Crippen molar-refractivity contribution in [1.29, 1.82) is 0 Å². The van der Waals surface area contributed by atoms with Crippen LogP contribution in [-0.4, -0.2) is 43.2 Å². The monoisotopic (exact) mass is 380 g/mol. The molecule has 1 saturated carbocycles. The fraction of sp³-hybridized carbons (Fsp3) is 0.333. The van der Waals surface area contributed by atoms with Gasteiger partial charge in [-0.15, -0.1) is 11.6 Å². The summed E-state index contributed by atoms with van der Waals surface area (Å²) in [4.78, 5) is 24.4. The molecule has 1 heterocycles. The Balaban J connectivity index is 1.71. The van der Waals surface area contributed by atoms with Gasteiger partial charge >= 0.3 is 5.97 Å². The summed E-state index contributed by atoms with van der Waals surface area (Å²) < 4.78 is 29.5. The number of sulfone groups is 1. The van der Waals surface area contributed by atoms with Gasteiger partial charge < -0.3 is 4.74 Å². The molecule has 1 aliphatic heterocycles. The Labute approximate surface area is 151 Å². The summed E-state index contributed by atoms with van der Waals surface area (Å²) in [5, 5.41) is -2.10. The molecule has 0 bridgehead atoms. The lowest BCUT2D eigenvalue weighted by Crippen LogP contribution is -2.61. The van der Waals surface area contributed by atoms with E-state index in [9.17, 15) is 18.0 Å². The summed E-state index contributed by atoms with van der Waals surface area (Å²) in [5.74, 6) is -2.35. The van der Waals surface area contributed by atoms with Gasteiger partial charge in [0.25, 0.3) is 0 Å². The number of benzene rings is 1. The van der Waals surface area contributed by atoms with Crippen molar-refractivity contribution in [2.24, 2.45) is 5.92 Å². The number of carbonyl (C=O) groups is 2. The van der Waals surface area contributed by atoms with E-state index >= 15 is 0 Å². The van der Waals surface area contributed by atoms with Crippen LogP contribution < -0.4 is 0 Å². The summed E-state index contributed by atoms with van der Waals surface area (Å²) in [6.07, 6.45) is 3.50. The standard InChI is InChI=1S/C18H17ClO5S/c1-11-10-25(22,23)17-14(16(20)15(17)19)13(11)18(21)24-9-5-8-12-6-3-2-4-7-12/h2-8,14-15,17H,9-10H2,1H3/b8-5+/t14?,15-,17-/m0/s1. The van der Waals surface area contributed by atoms with Gasteiger partial charge in [0.05, 0.1) is 16.9 Å². The number of ether oxygens (including phenoxy) is 1. The van der Waals surface area contributed by atoms with Gasteiger partial charge in [0.2, 0.25) is 0 Å². The first-order valence-electron chi connectivity index (χ1n) is 7.80. The topological polar surface area (TPSA) is 77.5 Å². The molecule has 0 aromatic heterocycles. The molecule has 0 N–H and O–H groups in total. The van der Waals surface area contributed by atoms with E-state index in [2.05, 4.69) is 0 Å². The number of hydrogen-bond acceptors (Lipinski definition) is 5. The van der Waals surface area contributed by atoms with Crippen LogP contribution >= 0.6 is 11.6 Å². The third kappa shape index (κ3) is 3.28. The highest BCUT2D eigenvalue weighted by atomic mass is 35.5. The van der Waals surface area contributed by atoms with E-state index in [1.54, 1.807) is 13.0 Å². The maximum Gasteiger partial charge on any atom is 0.335 e. The number of Topliss-reactive ketones (excluding diaryl/α,β-unsaturated/α-hetero) is 1. The van der Waals surface area contributed by atoms with Gasteiger partial charge in [-0.05, 0) is 24.1 Å². The van der Waals surface area contributed by atoms with Crippen LogP contribution in [0.15, 0.2) is 47.6 Å². The normalized spacial score (nSPS) is 27.8. The number of esters is 1. The van der Waals surface area contributed by atoms with Crippen LogP contribution in [0, 0.1) is 5.92 Å². The lowest BCUT2D eigenvalue weighted by molar-refractivity contribution is -0.141. The van der Waals surface area contributed by atoms with Crippen LogP contribution in [0.1, 0.15) is 12.5 Å². The Morgan fingerprint density at radius 1 is 1.32 bits per heavy atom. The van der Waals surface area contributed by atoms with Crippen LogP contribution in [0.3, 0.4) is 0 Å². The Hall–Kier alpha value is -1.92. The lowest BCUT2D eigenvalue weighted by atomic mass is 9.75. The molecule has 0 saturated heterocycles. The first-order valence-corrected chi connectivity index (χ1v) is 9.96. The zero-order valence-electron chi connectivity index (χ0n) is 13.5. The average molecular weight is 381 g/mol. The minimum atomic E-state index is -3.52. The van der Waals surface area contributed by atoms with E-state index in [1.807, 2.05) is 36.4 Å². The third-order valence-electron chi connectivity index (χ3n) is 4.44. The zero-order chi connectivity index (χ0) is 18.2. The van der Waals surface area contributed by atoms with Crippen LogP contribution in [0.5, 0.6) is 0 Å². The molecule has 1 aromatic rings. The van der Waals surface area contributed by atoms with Crippen molar-refractivity contribution in [3.63, 3.8) is 0 Å². The molecule has 132 valence electrons. The molecule has 1 aliphatic carbocycles. The molecule has 1 unspecified atom stereocenters. The Bertz CT molecular complexity index is 870. The van der Waals surface area contributed by atoms with Crippen LogP contribution in [0.25, 0.3) is 6.08 Å². The number of halogens is 1. The van der Waals surface area contributed by atoms with Gasteiger partial charge in [-0.1, -0.05) is 36.4 Å². The van der Waals surface area contributed by atoms with E-state index in [0.29, 0.717) is 5.57 Å². The molecule has 2 aliphatic rings. The summed E-state index contributed by atoms with van der Waals surface area (Å²) in [7, 11) is -3.52. The predicted octanol–water partition coefficient (Wildman–Crippen LogP) is 2.16. The van der Waals surface area contributed by atoms with Crippen molar-refractivity contribution < 1.29 is 22.7 Å². The van der Waals surface area contributed by atoms with E-state index in [-0.39, 0.29) is 17.9 Å². The van der Waals surface area contributed by atoms with Gasteiger partial charge in [0, 0.05) is 5.57 Å². The van der Waals surface area contributed by atoms with Crippen molar-refractivity contribution in [2.45, 2.75) is 17.6 Å². The molecule has 0 radical (unpaired) electrons. The number of alkyl halides is 1. The molecule has 1 fully saturated rings. The summed E-state index contributed by atoms with van der Waals surface area (Å²) in [6.45, 7) is 1.58. The second-order valence-electron chi connectivity index (χ2n) is 6.16. The Kier molecular flexibility index (Phi) is 4.84. The summed E-state index contributed by atoms with van der Waals surface area (Å²) in [5.41, 5.74) is 1.47. The molecule has 1 aromatic carbocycles. The fourth-order valence-corrected chi connectivity index (χ4v) is 6.12. The zero-order valence-corrected chi connectivity index (χ0v) is 15.1. The molecule has 3 rings (SSSR count). The van der Waals surface area contributed by atoms with Crippen molar-refractivity contribution in [1.82, 2.24) is 0 Å². The second-order valence-corrected chi connectivity index (χ2v) is 8.79. The van der Waals surface area contributed by atoms with E-state index in [0.717, 1.165) is 5.56 Å². The molecule has 7 heteroatoms. The second kappa shape index (κ2) is 6.77. The van der Waals surface area contributed by atoms with Gasteiger partial charge in [0.1, 0.15) is 12.0 Å². The molecule has 0 spiro atoms. The minimum Gasteiger partial charge on any atom is -0.458 e. The maximum atomic E-state index is 12.4. The van der Waals surface area contributed by atoms with Crippen LogP contribution in [-0.2, 0) is 24.2 Å². The summed E-state index contributed by atoms with van der Waals surface area (Å²) in [6, 6.07) is 9.52. The number of hydrogen-bond donors (Lipinski definition) is 0. The fourth-order valence-electron chi connectivity index (χ4n) is 3.23. The SMILES string of the molecule is CC1=C(C(=O)OC/C=C/c2ccccc2)C2C(=O)[C@H](Cl)[C@H]2S(=O)(=O)C1. The molecule has 25 heavy (non-hydrogen) atoms. The number of rotatable bonds is 4. The summed E-state index contributed by atoms with van der Waals surface area (Å²) >= 11 is 5.86. The van der Waals surface area contributed by atoms with E-state index in [4.69, 9.17) is 16.3 Å². The molecule has 5 nitrogen and oxygen atoms in total. The molecule has 0 amide bonds. The van der Waals surface area contributed by atoms with Crippen LogP contribution in [0.4, 0.5) is 0 Å². The van der Waals surface area contributed by atoms with Gasteiger partial charge in [-0.3, -0.25) is 4.79 Å². The van der Waals surface area contributed by atoms with Crippen molar-refractivity contribution in [3.05, 3.63) is 53.1 Å².